The zero-order valence-corrected chi connectivity index (χ0v) is 16.4. The lowest BCUT2D eigenvalue weighted by Crippen LogP contribution is -2.55. The predicted octanol–water partition coefficient (Wildman–Crippen LogP) is 5.47. The van der Waals surface area contributed by atoms with Gasteiger partial charge in [-0.3, -0.25) is 0 Å². The molecule has 13 heteroatoms. The third kappa shape index (κ3) is 7.12. The molecule has 1 aromatic rings. The van der Waals surface area contributed by atoms with Gasteiger partial charge in [-0.25, -0.2) is 0 Å². The van der Waals surface area contributed by atoms with Crippen molar-refractivity contribution < 1.29 is 53.7 Å². The smallest absolute Gasteiger partial charge is 0.428 e. The van der Waals surface area contributed by atoms with Gasteiger partial charge in [0.15, 0.2) is 6.10 Å². The Labute approximate surface area is 176 Å². The second kappa shape index (κ2) is 9.62. The maximum absolute atomic E-state index is 13.3. The van der Waals surface area contributed by atoms with Crippen molar-refractivity contribution in [2.45, 2.75) is 68.6 Å². The number of hydrogen-bond acceptors (Lipinski definition) is 3. The molecule has 0 aliphatic heterocycles. The standard InChI is InChI=1S/C19H21F10NO2/c20-15(21)19(28,29)32-13-5-1-3-11(7-13)8-16(30-10-14(31)18(25,26)27)6-2-4-12(9-16)17(22,23)24/h1,3,5,7,12,14-15,30-31H,2,4,6,8-10H2. The summed E-state index contributed by atoms with van der Waals surface area (Å²) in [5.74, 6) is -2.50. The third-order valence-electron chi connectivity index (χ3n) is 5.31. The molecule has 0 spiro atoms. The first kappa shape index (κ1) is 26.5. The number of ether oxygens (including phenoxy) is 1. The van der Waals surface area contributed by atoms with Gasteiger partial charge in [-0.2, -0.15) is 43.9 Å². The van der Waals surface area contributed by atoms with Gasteiger partial charge in [0.2, 0.25) is 0 Å². The van der Waals surface area contributed by atoms with Crippen molar-refractivity contribution in [3.63, 3.8) is 0 Å². The summed E-state index contributed by atoms with van der Waals surface area (Å²) in [5.41, 5.74) is -1.46. The second-order valence-electron chi connectivity index (χ2n) is 7.84. The first-order valence-electron chi connectivity index (χ1n) is 9.54. The van der Waals surface area contributed by atoms with Crippen molar-refractivity contribution in [2.75, 3.05) is 6.54 Å². The van der Waals surface area contributed by atoms with E-state index in [0.29, 0.717) is 0 Å². The molecule has 3 unspecified atom stereocenters. The summed E-state index contributed by atoms with van der Waals surface area (Å²) in [7, 11) is 0. The number of β-amino-alcohol motifs (C(OH)–C–C–N with tert-alkyl or cyclic N) is 1. The molecule has 1 saturated carbocycles. The van der Waals surface area contributed by atoms with E-state index < -0.39 is 61.2 Å². The third-order valence-corrected chi connectivity index (χ3v) is 5.31. The van der Waals surface area contributed by atoms with Crippen LogP contribution in [0, 0.1) is 5.92 Å². The Bertz CT molecular complexity index is 752. The van der Waals surface area contributed by atoms with E-state index in [0.717, 1.165) is 18.2 Å². The Kier molecular flexibility index (Phi) is 7.96. The van der Waals surface area contributed by atoms with Gasteiger partial charge in [-0.15, -0.1) is 0 Å². The van der Waals surface area contributed by atoms with Crippen LogP contribution < -0.4 is 10.1 Å². The van der Waals surface area contributed by atoms with Crippen molar-refractivity contribution in [2.24, 2.45) is 5.92 Å². The molecule has 0 aromatic heterocycles. The lowest BCUT2D eigenvalue weighted by molar-refractivity contribution is -0.253. The fourth-order valence-electron chi connectivity index (χ4n) is 3.77. The number of benzene rings is 1. The maximum atomic E-state index is 13.3. The molecule has 1 aromatic carbocycles. The van der Waals surface area contributed by atoms with E-state index in [1.165, 1.54) is 6.07 Å². The molecule has 1 aliphatic rings. The van der Waals surface area contributed by atoms with Crippen LogP contribution in [0.15, 0.2) is 24.3 Å². The zero-order chi connectivity index (χ0) is 24.4. The van der Waals surface area contributed by atoms with E-state index in [-0.39, 0.29) is 31.2 Å². The number of aliphatic hydroxyl groups excluding tert-OH is 1. The van der Waals surface area contributed by atoms with Gasteiger partial charge in [0, 0.05) is 12.1 Å². The minimum absolute atomic E-state index is 0.0128. The van der Waals surface area contributed by atoms with Crippen LogP contribution >= 0.6 is 0 Å². The molecule has 3 atom stereocenters. The van der Waals surface area contributed by atoms with E-state index in [1.54, 1.807) is 0 Å². The predicted molar refractivity (Wildman–Crippen MR) is 92.5 cm³/mol. The Hall–Kier alpha value is -1.76. The molecule has 3 nitrogen and oxygen atoms in total. The first-order valence-corrected chi connectivity index (χ1v) is 9.54. The van der Waals surface area contributed by atoms with Gasteiger partial charge in [-0.05, 0) is 43.4 Å². The van der Waals surface area contributed by atoms with Crippen LogP contribution in [0.25, 0.3) is 0 Å². The zero-order valence-electron chi connectivity index (χ0n) is 16.4. The van der Waals surface area contributed by atoms with E-state index in [2.05, 4.69) is 10.1 Å². The number of nitrogens with one attached hydrogen (secondary N) is 1. The number of halogens is 10. The van der Waals surface area contributed by atoms with Crippen molar-refractivity contribution in [1.82, 2.24) is 5.32 Å². The molecule has 1 fully saturated rings. The molecular formula is C19H21F10NO2. The number of alkyl halides is 10. The molecule has 184 valence electrons. The summed E-state index contributed by atoms with van der Waals surface area (Å²) in [6.45, 7) is -1.08. The molecule has 1 aliphatic carbocycles. The van der Waals surface area contributed by atoms with E-state index in [1.807, 2.05) is 0 Å². The van der Waals surface area contributed by atoms with Crippen LogP contribution in [0.5, 0.6) is 5.75 Å². The molecular weight excluding hydrogens is 464 g/mol. The summed E-state index contributed by atoms with van der Waals surface area (Å²) in [6, 6.07) is 4.30. The van der Waals surface area contributed by atoms with Gasteiger partial charge >= 0.3 is 24.9 Å². The van der Waals surface area contributed by atoms with Crippen molar-refractivity contribution in [3.8, 4) is 5.75 Å². The van der Waals surface area contributed by atoms with Crippen LogP contribution in [-0.4, -0.2) is 48.2 Å². The summed E-state index contributed by atoms with van der Waals surface area (Å²) in [4.78, 5) is 0. The highest BCUT2D eigenvalue weighted by atomic mass is 19.4. The monoisotopic (exact) mass is 485 g/mol. The van der Waals surface area contributed by atoms with Crippen LogP contribution in [0.2, 0.25) is 0 Å². The molecule has 0 heterocycles. The largest absolute Gasteiger partial charge is 0.461 e. The van der Waals surface area contributed by atoms with Crippen LogP contribution in [-0.2, 0) is 6.42 Å². The summed E-state index contributed by atoms with van der Waals surface area (Å²) in [6.07, 6.45) is -22.5. The molecule has 0 radical (unpaired) electrons. The Balaban J connectivity index is 2.28. The Morgan fingerprint density at radius 2 is 1.75 bits per heavy atom. The van der Waals surface area contributed by atoms with Crippen LogP contribution in [0.3, 0.4) is 0 Å². The fourth-order valence-corrected chi connectivity index (χ4v) is 3.77. The van der Waals surface area contributed by atoms with E-state index in [4.69, 9.17) is 0 Å². The number of rotatable bonds is 8. The molecule has 2 rings (SSSR count). The van der Waals surface area contributed by atoms with Crippen molar-refractivity contribution in [1.29, 1.82) is 0 Å². The van der Waals surface area contributed by atoms with Crippen LogP contribution in [0.4, 0.5) is 43.9 Å². The molecule has 32 heavy (non-hydrogen) atoms. The fraction of sp³-hybridized carbons (Fsp3) is 0.684. The summed E-state index contributed by atoms with van der Waals surface area (Å²) >= 11 is 0. The van der Waals surface area contributed by atoms with E-state index in [9.17, 15) is 49.0 Å². The SMILES string of the molecule is OC(CNC1(Cc2cccc(OC(F)(F)C(F)F)c2)CCCC(C(F)(F)F)C1)C(F)(F)F. The highest BCUT2D eigenvalue weighted by molar-refractivity contribution is 5.30. The normalized spacial score (nSPS) is 23.9. The summed E-state index contributed by atoms with van der Waals surface area (Å²) < 4.78 is 133. The number of aliphatic hydroxyl groups is 1. The van der Waals surface area contributed by atoms with Crippen molar-refractivity contribution >= 4 is 0 Å². The topological polar surface area (TPSA) is 41.5 Å². The Morgan fingerprint density at radius 3 is 2.31 bits per heavy atom. The summed E-state index contributed by atoms with van der Waals surface area (Å²) in [5, 5.41) is 11.7. The second-order valence-corrected chi connectivity index (χ2v) is 7.84. The van der Waals surface area contributed by atoms with Gasteiger partial charge in [0.1, 0.15) is 5.75 Å². The molecule has 2 N–H and O–H groups in total. The molecule has 0 bridgehead atoms. The van der Waals surface area contributed by atoms with Gasteiger partial charge < -0.3 is 15.2 Å². The highest BCUT2D eigenvalue weighted by Crippen LogP contribution is 2.43. The van der Waals surface area contributed by atoms with E-state index >= 15 is 0 Å². The minimum atomic E-state index is -5.00. The lowest BCUT2D eigenvalue weighted by atomic mass is 9.72. The van der Waals surface area contributed by atoms with Gasteiger partial charge in [-0.1, -0.05) is 18.6 Å². The van der Waals surface area contributed by atoms with Gasteiger partial charge in [0.05, 0.1) is 5.92 Å². The lowest BCUT2D eigenvalue weighted by Gasteiger charge is -2.43. The first-order chi connectivity index (χ1) is 14.5. The van der Waals surface area contributed by atoms with Crippen molar-refractivity contribution in [3.05, 3.63) is 29.8 Å². The Morgan fingerprint density at radius 1 is 1.09 bits per heavy atom. The van der Waals surface area contributed by atoms with Crippen LogP contribution in [0.1, 0.15) is 31.2 Å². The molecule has 0 saturated heterocycles. The average Bonchev–Trinajstić information content (AvgIpc) is 2.64. The minimum Gasteiger partial charge on any atom is -0.428 e. The number of hydrogen-bond donors (Lipinski definition) is 2. The highest BCUT2D eigenvalue weighted by Gasteiger charge is 2.49. The quantitative estimate of drug-likeness (QED) is 0.480. The molecule has 0 amide bonds. The maximum Gasteiger partial charge on any atom is 0.461 e. The average molecular weight is 485 g/mol. The van der Waals surface area contributed by atoms with Gasteiger partial charge in [0.25, 0.3) is 0 Å².